The first kappa shape index (κ1) is 24.7. The van der Waals surface area contributed by atoms with E-state index in [4.69, 9.17) is 4.74 Å². The molecule has 0 amide bonds. The maximum atomic E-state index is 13.5. The lowest BCUT2D eigenvalue weighted by Gasteiger charge is -2.36. The fourth-order valence-corrected chi connectivity index (χ4v) is 4.94. The Labute approximate surface area is 208 Å². The molecule has 36 heavy (non-hydrogen) atoms. The lowest BCUT2D eigenvalue weighted by Crippen LogP contribution is -2.46. The van der Waals surface area contributed by atoms with Crippen LogP contribution in [-0.2, 0) is 24.2 Å². The van der Waals surface area contributed by atoms with Gasteiger partial charge in [0.05, 0.1) is 31.0 Å². The minimum atomic E-state index is -4.32. The standard InChI is InChI=1S/C26H31F3N6O/c27-26(28,29)16-20-15-22(34-12-10-33(11-13-34)17-21-5-1-3-9-30-21)7-8-24(20)25-19-35(32-31-25)18-23-6-2-4-14-36-23/h1,3,5,7-9,15,19,23H,2,4,6,10-14,16-18H2/t23-/m1/s1. The fourth-order valence-electron chi connectivity index (χ4n) is 4.94. The number of benzene rings is 1. The molecule has 0 saturated carbocycles. The molecule has 192 valence electrons. The van der Waals surface area contributed by atoms with Crippen LogP contribution in [0.5, 0.6) is 0 Å². The van der Waals surface area contributed by atoms with Crippen molar-refractivity contribution in [2.45, 2.75) is 51.1 Å². The number of rotatable bonds is 7. The second kappa shape index (κ2) is 11.0. The lowest BCUT2D eigenvalue weighted by atomic mass is 10.0. The zero-order valence-electron chi connectivity index (χ0n) is 20.2. The van der Waals surface area contributed by atoms with Gasteiger partial charge in [0.1, 0.15) is 5.69 Å². The molecule has 3 aromatic rings. The molecule has 2 aromatic heterocycles. The summed E-state index contributed by atoms with van der Waals surface area (Å²) in [5.41, 5.74) is 2.97. The molecule has 0 spiro atoms. The van der Waals surface area contributed by atoms with Gasteiger partial charge in [-0.1, -0.05) is 17.3 Å². The lowest BCUT2D eigenvalue weighted by molar-refractivity contribution is -0.127. The second-order valence-corrected chi connectivity index (χ2v) is 9.53. The van der Waals surface area contributed by atoms with Crippen LogP contribution < -0.4 is 4.90 Å². The Morgan fingerprint density at radius 2 is 1.89 bits per heavy atom. The molecule has 0 N–H and O–H groups in total. The highest BCUT2D eigenvalue weighted by Crippen LogP contribution is 2.32. The van der Waals surface area contributed by atoms with Crippen molar-refractivity contribution in [1.29, 1.82) is 0 Å². The molecule has 2 fully saturated rings. The maximum absolute atomic E-state index is 13.5. The summed E-state index contributed by atoms with van der Waals surface area (Å²) >= 11 is 0. The molecule has 2 saturated heterocycles. The largest absolute Gasteiger partial charge is 0.393 e. The average molecular weight is 501 g/mol. The Hall–Kier alpha value is -2.98. The Morgan fingerprint density at radius 3 is 2.61 bits per heavy atom. The van der Waals surface area contributed by atoms with Gasteiger partial charge in [-0.2, -0.15) is 13.2 Å². The van der Waals surface area contributed by atoms with E-state index in [-0.39, 0.29) is 11.7 Å². The highest BCUT2D eigenvalue weighted by Gasteiger charge is 2.30. The SMILES string of the molecule is FC(F)(F)Cc1cc(N2CCN(Cc3ccccn3)CC2)ccc1-c1cn(C[C@H]2CCCCO2)nn1. The van der Waals surface area contributed by atoms with Crippen molar-refractivity contribution in [2.75, 3.05) is 37.7 Å². The summed E-state index contributed by atoms with van der Waals surface area (Å²) in [4.78, 5) is 8.85. The Kier molecular flexibility index (Phi) is 7.52. The van der Waals surface area contributed by atoms with Crippen molar-refractivity contribution in [2.24, 2.45) is 0 Å². The predicted molar refractivity (Wildman–Crippen MR) is 131 cm³/mol. The van der Waals surface area contributed by atoms with E-state index in [1.165, 1.54) is 0 Å². The van der Waals surface area contributed by atoms with Gasteiger partial charge >= 0.3 is 6.18 Å². The first-order chi connectivity index (χ1) is 17.4. The van der Waals surface area contributed by atoms with Crippen LogP contribution in [0.4, 0.5) is 18.9 Å². The van der Waals surface area contributed by atoms with Gasteiger partial charge in [-0.25, -0.2) is 4.68 Å². The minimum absolute atomic E-state index is 0.0710. The van der Waals surface area contributed by atoms with E-state index in [0.717, 1.165) is 70.0 Å². The van der Waals surface area contributed by atoms with Gasteiger partial charge in [-0.15, -0.1) is 5.10 Å². The van der Waals surface area contributed by atoms with E-state index < -0.39 is 12.6 Å². The molecular formula is C26H31F3N6O. The van der Waals surface area contributed by atoms with E-state index >= 15 is 0 Å². The summed E-state index contributed by atoms with van der Waals surface area (Å²) in [5, 5.41) is 8.36. The molecule has 1 atom stereocenters. The first-order valence-corrected chi connectivity index (χ1v) is 12.5. The number of nitrogens with zero attached hydrogens (tertiary/aromatic N) is 6. The number of aromatic nitrogens is 4. The minimum Gasteiger partial charge on any atom is -0.376 e. The zero-order chi connectivity index (χ0) is 25.0. The molecule has 7 nitrogen and oxygen atoms in total. The summed E-state index contributed by atoms with van der Waals surface area (Å²) in [7, 11) is 0. The van der Waals surface area contributed by atoms with E-state index in [1.54, 1.807) is 29.2 Å². The van der Waals surface area contributed by atoms with Crippen LogP contribution in [-0.4, -0.2) is 69.9 Å². The number of pyridine rings is 1. The summed E-state index contributed by atoms with van der Waals surface area (Å²) in [5.74, 6) is 0. The molecule has 0 radical (unpaired) electrons. The van der Waals surface area contributed by atoms with Crippen molar-refractivity contribution in [1.82, 2.24) is 24.9 Å². The van der Waals surface area contributed by atoms with Crippen LogP contribution >= 0.6 is 0 Å². The van der Waals surface area contributed by atoms with Gasteiger partial charge in [-0.05, 0) is 49.1 Å². The molecule has 5 rings (SSSR count). The number of halogens is 3. The van der Waals surface area contributed by atoms with Gasteiger partial charge in [0.15, 0.2) is 0 Å². The Morgan fingerprint density at radius 1 is 1.03 bits per heavy atom. The average Bonchev–Trinajstić information content (AvgIpc) is 3.33. The summed E-state index contributed by atoms with van der Waals surface area (Å²) in [6.07, 6.45) is 1.39. The molecule has 0 aliphatic carbocycles. The quantitative estimate of drug-likeness (QED) is 0.481. The number of hydrogen-bond donors (Lipinski definition) is 0. The van der Waals surface area contributed by atoms with Gasteiger partial charge < -0.3 is 9.64 Å². The van der Waals surface area contributed by atoms with Crippen molar-refractivity contribution >= 4 is 5.69 Å². The van der Waals surface area contributed by atoms with Gasteiger partial charge in [0, 0.05) is 56.8 Å². The number of anilines is 1. The van der Waals surface area contributed by atoms with Crippen LogP contribution in [0.25, 0.3) is 11.3 Å². The molecule has 0 unspecified atom stereocenters. The molecule has 1 aromatic carbocycles. The first-order valence-electron chi connectivity index (χ1n) is 12.5. The van der Waals surface area contributed by atoms with Gasteiger partial charge in [0.25, 0.3) is 0 Å². The number of piperazine rings is 1. The van der Waals surface area contributed by atoms with E-state index in [9.17, 15) is 13.2 Å². The highest BCUT2D eigenvalue weighted by atomic mass is 19.4. The van der Waals surface area contributed by atoms with E-state index in [0.29, 0.717) is 17.8 Å². The number of alkyl halides is 3. The van der Waals surface area contributed by atoms with Crippen LogP contribution in [0, 0.1) is 0 Å². The van der Waals surface area contributed by atoms with Crippen molar-refractivity contribution in [3.8, 4) is 11.3 Å². The fraction of sp³-hybridized carbons (Fsp3) is 0.500. The van der Waals surface area contributed by atoms with Crippen LogP contribution in [0.3, 0.4) is 0 Å². The van der Waals surface area contributed by atoms with E-state index in [1.807, 2.05) is 24.3 Å². The third-order valence-electron chi connectivity index (χ3n) is 6.81. The van der Waals surface area contributed by atoms with Crippen molar-refractivity contribution < 1.29 is 17.9 Å². The van der Waals surface area contributed by atoms with Crippen LogP contribution in [0.2, 0.25) is 0 Å². The molecule has 10 heteroatoms. The highest BCUT2D eigenvalue weighted by molar-refractivity contribution is 5.67. The smallest absolute Gasteiger partial charge is 0.376 e. The third-order valence-corrected chi connectivity index (χ3v) is 6.81. The normalized spacial score (nSPS) is 19.5. The van der Waals surface area contributed by atoms with E-state index in [2.05, 4.69) is 25.1 Å². The molecule has 0 bridgehead atoms. The summed E-state index contributed by atoms with van der Waals surface area (Å²) < 4.78 is 47.9. The van der Waals surface area contributed by atoms with Gasteiger partial charge in [-0.3, -0.25) is 9.88 Å². The Balaban J connectivity index is 1.29. The number of ether oxygens (including phenoxy) is 1. The van der Waals surface area contributed by atoms with Crippen LogP contribution in [0.1, 0.15) is 30.5 Å². The molecule has 4 heterocycles. The maximum Gasteiger partial charge on any atom is 0.393 e. The molecule has 2 aliphatic heterocycles. The molecular weight excluding hydrogens is 469 g/mol. The monoisotopic (exact) mass is 500 g/mol. The summed E-state index contributed by atoms with van der Waals surface area (Å²) in [6.45, 7) is 5.21. The number of hydrogen-bond acceptors (Lipinski definition) is 6. The van der Waals surface area contributed by atoms with Crippen molar-refractivity contribution in [3.63, 3.8) is 0 Å². The third kappa shape index (κ3) is 6.41. The van der Waals surface area contributed by atoms with Crippen LogP contribution in [0.15, 0.2) is 48.8 Å². The second-order valence-electron chi connectivity index (χ2n) is 9.53. The zero-order valence-corrected chi connectivity index (χ0v) is 20.2. The van der Waals surface area contributed by atoms with Gasteiger partial charge in [0.2, 0.25) is 0 Å². The topological polar surface area (TPSA) is 59.3 Å². The van der Waals surface area contributed by atoms with Crippen molar-refractivity contribution in [3.05, 3.63) is 60.0 Å². The molecule has 2 aliphatic rings. The summed E-state index contributed by atoms with van der Waals surface area (Å²) in [6, 6.07) is 11.2. The predicted octanol–water partition coefficient (Wildman–Crippen LogP) is 4.34. The Bertz CT molecular complexity index is 1120.